The molecule has 1 aliphatic rings. The first kappa shape index (κ1) is 14.2. The first-order chi connectivity index (χ1) is 10.2. The standard InChI is InChI=1S/C17H14Cl2N2/c18-13-8-4-9-14(19)17(13)15-10-5-11-16(21-15)20-12-6-2-1-3-7-12/h1-9,11,15H,10H2,(H,20,21). The van der Waals surface area contributed by atoms with Gasteiger partial charge in [0.1, 0.15) is 5.84 Å². The molecular formula is C17H14Cl2N2. The van der Waals surface area contributed by atoms with Crippen LogP contribution in [0.1, 0.15) is 18.0 Å². The molecule has 106 valence electrons. The van der Waals surface area contributed by atoms with Crippen molar-refractivity contribution in [2.45, 2.75) is 12.5 Å². The van der Waals surface area contributed by atoms with Gasteiger partial charge in [0, 0.05) is 21.3 Å². The molecule has 21 heavy (non-hydrogen) atoms. The second-order valence-electron chi connectivity index (χ2n) is 4.79. The van der Waals surface area contributed by atoms with Crippen LogP contribution in [0, 0.1) is 0 Å². The van der Waals surface area contributed by atoms with E-state index in [9.17, 15) is 0 Å². The summed E-state index contributed by atoms with van der Waals surface area (Å²) >= 11 is 12.5. The van der Waals surface area contributed by atoms with E-state index >= 15 is 0 Å². The van der Waals surface area contributed by atoms with Crippen LogP contribution in [-0.2, 0) is 0 Å². The van der Waals surface area contributed by atoms with Crippen molar-refractivity contribution in [2.24, 2.45) is 4.99 Å². The normalized spacial score (nSPS) is 17.4. The molecule has 0 saturated heterocycles. The summed E-state index contributed by atoms with van der Waals surface area (Å²) in [5.41, 5.74) is 1.89. The summed E-state index contributed by atoms with van der Waals surface area (Å²) in [7, 11) is 0. The van der Waals surface area contributed by atoms with Crippen LogP contribution in [-0.4, -0.2) is 5.84 Å². The van der Waals surface area contributed by atoms with Gasteiger partial charge in [-0.15, -0.1) is 0 Å². The molecule has 0 fully saturated rings. The molecule has 1 atom stereocenters. The van der Waals surface area contributed by atoms with E-state index in [1.165, 1.54) is 0 Å². The average molecular weight is 317 g/mol. The van der Waals surface area contributed by atoms with Crippen LogP contribution in [0.3, 0.4) is 0 Å². The molecule has 2 aromatic rings. The van der Waals surface area contributed by atoms with Crippen LogP contribution < -0.4 is 5.32 Å². The molecular weight excluding hydrogens is 303 g/mol. The van der Waals surface area contributed by atoms with Crippen molar-refractivity contribution in [1.82, 2.24) is 0 Å². The topological polar surface area (TPSA) is 24.4 Å². The van der Waals surface area contributed by atoms with Crippen molar-refractivity contribution in [3.05, 3.63) is 76.3 Å². The van der Waals surface area contributed by atoms with Crippen LogP contribution >= 0.6 is 23.2 Å². The number of anilines is 1. The highest BCUT2D eigenvalue weighted by Gasteiger charge is 2.19. The van der Waals surface area contributed by atoms with Crippen LogP contribution in [0.25, 0.3) is 0 Å². The zero-order valence-electron chi connectivity index (χ0n) is 11.3. The maximum absolute atomic E-state index is 6.27. The summed E-state index contributed by atoms with van der Waals surface area (Å²) < 4.78 is 0. The SMILES string of the molecule is Clc1cccc(Cl)c1C1CC=CC(Nc2ccccc2)=N1. The highest BCUT2D eigenvalue weighted by Crippen LogP contribution is 2.35. The number of benzene rings is 2. The summed E-state index contributed by atoms with van der Waals surface area (Å²) in [6.45, 7) is 0. The largest absolute Gasteiger partial charge is 0.341 e. The molecule has 0 spiro atoms. The lowest BCUT2D eigenvalue weighted by molar-refractivity contribution is 0.736. The highest BCUT2D eigenvalue weighted by atomic mass is 35.5. The Balaban J connectivity index is 1.87. The molecule has 2 nitrogen and oxygen atoms in total. The number of rotatable bonds is 2. The molecule has 1 aliphatic heterocycles. The van der Waals surface area contributed by atoms with Gasteiger partial charge in [0.05, 0.1) is 6.04 Å². The van der Waals surface area contributed by atoms with Crippen LogP contribution in [0.4, 0.5) is 5.69 Å². The van der Waals surface area contributed by atoms with Crippen LogP contribution in [0.15, 0.2) is 65.7 Å². The summed E-state index contributed by atoms with van der Waals surface area (Å²) in [6, 6.07) is 15.4. The minimum atomic E-state index is -0.0533. The van der Waals surface area contributed by atoms with Gasteiger partial charge < -0.3 is 5.32 Å². The molecule has 1 heterocycles. The zero-order valence-corrected chi connectivity index (χ0v) is 12.8. The van der Waals surface area contributed by atoms with E-state index in [1.54, 1.807) is 0 Å². The van der Waals surface area contributed by atoms with Gasteiger partial charge in [0.15, 0.2) is 0 Å². The van der Waals surface area contributed by atoms with Crippen molar-refractivity contribution >= 4 is 34.7 Å². The zero-order chi connectivity index (χ0) is 14.7. The van der Waals surface area contributed by atoms with E-state index in [0.717, 1.165) is 23.5 Å². The summed E-state index contributed by atoms with van der Waals surface area (Å²) in [5.74, 6) is 0.813. The number of nitrogens with one attached hydrogen (secondary N) is 1. The van der Waals surface area contributed by atoms with Gasteiger partial charge in [-0.1, -0.05) is 53.5 Å². The maximum atomic E-state index is 6.27. The van der Waals surface area contributed by atoms with E-state index in [1.807, 2.05) is 54.6 Å². The van der Waals surface area contributed by atoms with Crippen molar-refractivity contribution in [2.75, 3.05) is 5.32 Å². The predicted molar refractivity (Wildman–Crippen MR) is 90.5 cm³/mol. The van der Waals surface area contributed by atoms with Gasteiger partial charge >= 0.3 is 0 Å². The van der Waals surface area contributed by atoms with Crippen molar-refractivity contribution in [3.63, 3.8) is 0 Å². The molecule has 3 rings (SSSR count). The number of para-hydroxylation sites is 1. The van der Waals surface area contributed by atoms with E-state index in [0.29, 0.717) is 10.0 Å². The van der Waals surface area contributed by atoms with E-state index in [2.05, 4.69) is 11.4 Å². The number of amidine groups is 1. The first-order valence-electron chi connectivity index (χ1n) is 6.74. The monoisotopic (exact) mass is 316 g/mol. The fourth-order valence-electron chi connectivity index (χ4n) is 2.33. The Kier molecular flexibility index (Phi) is 4.28. The van der Waals surface area contributed by atoms with Crippen molar-refractivity contribution in [1.29, 1.82) is 0 Å². The molecule has 0 aromatic heterocycles. The second-order valence-corrected chi connectivity index (χ2v) is 5.61. The smallest absolute Gasteiger partial charge is 0.125 e. The molecule has 0 bridgehead atoms. The number of dihydropyridines is 1. The molecule has 1 N–H and O–H groups in total. The number of halogens is 2. The molecule has 0 radical (unpaired) electrons. The quantitative estimate of drug-likeness (QED) is 0.776. The third-order valence-electron chi connectivity index (χ3n) is 3.31. The molecule has 0 aliphatic carbocycles. The van der Waals surface area contributed by atoms with Crippen molar-refractivity contribution < 1.29 is 0 Å². The Morgan fingerprint density at radius 3 is 2.38 bits per heavy atom. The fourth-order valence-corrected chi connectivity index (χ4v) is 2.98. The number of aliphatic imine (C=N–C) groups is 1. The molecule has 1 unspecified atom stereocenters. The lowest BCUT2D eigenvalue weighted by atomic mass is 10.0. The van der Waals surface area contributed by atoms with Gasteiger partial charge in [-0.2, -0.15) is 0 Å². The van der Waals surface area contributed by atoms with Crippen LogP contribution in [0.5, 0.6) is 0 Å². The molecule has 0 saturated carbocycles. The van der Waals surface area contributed by atoms with Gasteiger partial charge in [-0.3, -0.25) is 4.99 Å². The number of hydrogen-bond donors (Lipinski definition) is 1. The minimum Gasteiger partial charge on any atom is -0.341 e. The Morgan fingerprint density at radius 1 is 0.952 bits per heavy atom. The Labute approximate surface area is 134 Å². The Bertz CT molecular complexity index is 673. The molecule has 4 heteroatoms. The summed E-state index contributed by atoms with van der Waals surface area (Å²) in [4.78, 5) is 4.72. The third-order valence-corrected chi connectivity index (χ3v) is 3.97. The molecule has 2 aromatic carbocycles. The highest BCUT2D eigenvalue weighted by molar-refractivity contribution is 6.36. The second kappa shape index (κ2) is 6.33. The minimum absolute atomic E-state index is 0.0533. The summed E-state index contributed by atoms with van der Waals surface area (Å²) in [6.07, 6.45) is 4.86. The Hall–Kier alpha value is -1.77. The van der Waals surface area contributed by atoms with Crippen molar-refractivity contribution in [3.8, 4) is 0 Å². The van der Waals surface area contributed by atoms with E-state index in [4.69, 9.17) is 28.2 Å². The first-order valence-corrected chi connectivity index (χ1v) is 7.50. The maximum Gasteiger partial charge on any atom is 0.125 e. The third kappa shape index (κ3) is 3.29. The Morgan fingerprint density at radius 2 is 1.67 bits per heavy atom. The van der Waals surface area contributed by atoms with Gasteiger partial charge in [-0.25, -0.2) is 0 Å². The van der Waals surface area contributed by atoms with E-state index < -0.39 is 0 Å². The number of hydrogen-bond acceptors (Lipinski definition) is 2. The fraction of sp³-hybridized carbons (Fsp3) is 0.118. The van der Waals surface area contributed by atoms with Gasteiger partial charge in [-0.05, 0) is 36.8 Å². The van der Waals surface area contributed by atoms with E-state index in [-0.39, 0.29) is 6.04 Å². The number of nitrogens with zero attached hydrogens (tertiary/aromatic N) is 1. The van der Waals surface area contributed by atoms with Gasteiger partial charge in [0.2, 0.25) is 0 Å². The van der Waals surface area contributed by atoms with Crippen LogP contribution in [0.2, 0.25) is 10.0 Å². The predicted octanol–water partition coefficient (Wildman–Crippen LogP) is 5.51. The summed E-state index contributed by atoms with van der Waals surface area (Å²) in [5, 5.41) is 4.61. The average Bonchev–Trinajstić information content (AvgIpc) is 2.48. The lowest BCUT2D eigenvalue weighted by Crippen LogP contribution is -2.14. The molecule has 0 amide bonds. The lowest BCUT2D eigenvalue weighted by Gasteiger charge is -2.19. The van der Waals surface area contributed by atoms with Gasteiger partial charge in [0.25, 0.3) is 0 Å².